The molecule has 0 aliphatic rings. The molecule has 108 valence electrons. The van der Waals surface area contributed by atoms with Crippen molar-refractivity contribution in [1.29, 1.82) is 0 Å². The highest BCUT2D eigenvalue weighted by molar-refractivity contribution is 5.41. The predicted octanol–water partition coefficient (Wildman–Crippen LogP) is 3.27. The van der Waals surface area contributed by atoms with Crippen LogP contribution < -0.4 is 10.1 Å². The molecule has 3 heteroatoms. The third-order valence-corrected chi connectivity index (χ3v) is 3.50. The summed E-state index contributed by atoms with van der Waals surface area (Å²) in [5.41, 5.74) is 3.46. The van der Waals surface area contributed by atoms with E-state index in [0.717, 1.165) is 30.7 Å². The van der Waals surface area contributed by atoms with E-state index < -0.39 is 0 Å². The second-order valence-corrected chi connectivity index (χ2v) is 5.75. The number of methoxy groups -OCH3 is 1. The van der Waals surface area contributed by atoms with E-state index in [1.54, 1.807) is 7.11 Å². The minimum Gasteiger partial charge on any atom is -0.496 e. The highest BCUT2D eigenvalue weighted by Crippen LogP contribution is 2.25. The molecule has 0 saturated heterocycles. The Morgan fingerprint density at radius 3 is 2.53 bits per heavy atom. The highest BCUT2D eigenvalue weighted by atomic mass is 16.5. The lowest BCUT2D eigenvalue weighted by molar-refractivity contribution is 0.405. The number of pyridine rings is 1. The number of hydrogen-bond donors (Lipinski definition) is 1. The number of rotatable bonds is 7. The average molecular weight is 264 g/mol. The van der Waals surface area contributed by atoms with Gasteiger partial charge in [0.1, 0.15) is 5.75 Å². The second-order valence-electron chi connectivity index (χ2n) is 5.75. The fourth-order valence-corrected chi connectivity index (χ4v) is 2.25. The number of hydrogen-bond acceptors (Lipinski definition) is 3. The van der Waals surface area contributed by atoms with Gasteiger partial charge in [0.25, 0.3) is 0 Å². The van der Waals surface area contributed by atoms with E-state index in [1.165, 1.54) is 11.3 Å². The van der Waals surface area contributed by atoms with Gasteiger partial charge in [-0.15, -0.1) is 0 Å². The Bertz CT molecular complexity index is 402. The minimum absolute atomic E-state index is 0.557. The van der Waals surface area contributed by atoms with Crippen LogP contribution in [0.4, 0.5) is 0 Å². The van der Waals surface area contributed by atoms with Crippen molar-refractivity contribution in [2.24, 2.45) is 5.92 Å². The molecular formula is C16H28N2O. The van der Waals surface area contributed by atoms with Gasteiger partial charge in [0.05, 0.1) is 7.11 Å². The van der Waals surface area contributed by atoms with Crippen LogP contribution in [0.2, 0.25) is 0 Å². The van der Waals surface area contributed by atoms with E-state index in [1.807, 2.05) is 13.1 Å². The summed E-state index contributed by atoms with van der Waals surface area (Å²) >= 11 is 0. The standard InChI is InChI=1S/C16H28N2O/c1-11(2)17-9-12(3)7-8-15-14(5)16(19-6)13(4)10-18-15/h10-12,17H,7-9H2,1-6H3. The van der Waals surface area contributed by atoms with Gasteiger partial charge in [-0.2, -0.15) is 0 Å². The van der Waals surface area contributed by atoms with Crippen molar-refractivity contribution in [3.05, 3.63) is 23.0 Å². The van der Waals surface area contributed by atoms with Gasteiger partial charge < -0.3 is 10.1 Å². The number of ether oxygens (including phenoxy) is 1. The van der Waals surface area contributed by atoms with Crippen LogP contribution in [0.3, 0.4) is 0 Å². The first-order valence-corrected chi connectivity index (χ1v) is 7.18. The topological polar surface area (TPSA) is 34.1 Å². The Hall–Kier alpha value is -1.09. The molecule has 0 aliphatic carbocycles. The summed E-state index contributed by atoms with van der Waals surface area (Å²) in [4.78, 5) is 4.55. The van der Waals surface area contributed by atoms with Crippen LogP contribution >= 0.6 is 0 Å². The van der Waals surface area contributed by atoms with Crippen LogP contribution in [-0.4, -0.2) is 24.7 Å². The van der Waals surface area contributed by atoms with Crippen LogP contribution in [0.15, 0.2) is 6.20 Å². The molecule has 1 unspecified atom stereocenters. The van der Waals surface area contributed by atoms with Crippen LogP contribution in [0.5, 0.6) is 5.75 Å². The highest BCUT2D eigenvalue weighted by Gasteiger charge is 2.11. The molecular weight excluding hydrogens is 236 g/mol. The summed E-state index contributed by atoms with van der Waals surface area (Å²) < 4.78 is 5.45. The molecule has 0 aromatic carbocycles. The zero-order chi connectivity index (χ0) is 14.4. The molecule has 19 heavy (non-hydrogen) atoms. The average Bonchev–Trinajstić information content (AvgIpc) is 2.36. The zero-order valence-corrected chi connectivity index (χ0v) is 13.2. The molecule has 0 spiro atoms. The van der Waals surface area contributed by atoms with E-state index in [2.05, 4.69) is 38.0 Å². The fourth-order valence-electron chi connectivity index (χ4n) is 2.25. The van der Waals surface area contributed by atoms with E-state index in [0.29, 0.717) is 12.0 Å². The van der Waals surface area contributed by atoms with Gasteiger partial charge in [-0.25, -0.2) is 0 Å². The summed E-state index contributed by atoms with van der Waals surface area (Å²) in [5.74, 6) is 1.65. The summed E-state index contributed by atoms with van der Waals surface area (Å²) in [7, 11) is 1.73. The summed E-state index contributed by atoms with van der Waals surface area (Å²) in [5, 5.41) is 3.48. The molecule has 0 saturated carbocycles. The van der Waals surface area contributed by atoms with Crippen molar-refractivity contribution >= 4 is 0 Å². The van der Waals surface area contributed by atoms with Crippen molar-refractivity contribution < 1.29 is 4.74 Å². The Balaban J connectivity index is 2.58. The minimum atomic E-state index is 0.557. The van der Waals surface area contributed by atoms with Gasteiger partial charge in [0.2, 0.25) is 0 Å². The molecule has 0 fully saturated rings. The Labute approximate surface area is 117 Å². The number of nitrogens with zero attached hydrogens (tertiary/aromatic N) is 1. The van der Waals surface area contributed by atoms with Crippen molar-refractivity contribution in [1.82, 2.24) is 10.3 Å². The van der Waals surface area contributed by atoms with Crippen LogP contribution in [0.1, 0.15) is 44.0 Å². The van der Waals surface area contributed by atoms with Crippen molar-refractivity contribution in [3.63, 3.8) is 0 Å². The Morgan fingerprint density at radius 2 is 1.95 bits per heavy atom. The number of aryl methyl sites for hydroxylation is 2. The van der Waals surface area contributed by atoms with Gasteiger partial charge in [-0.3, -0.25) is 4.98 Å². The van der Waals surface area contributed by atoms with E-state index in [4.69, 9.17) is 4.74 Å². The Kier molecular flexibility index (Phi) is 6.29. The lowest BCUT2D eigenvalue weighted by Gasteiger charge is -2.16. The molecule has 3 nitrogen and oxygen atoms in total. The normalized spacial score (nSPS) is 12.8. The maximum Gasteiger partial charge on any atom is 0.128 e. The van der Waals surface area contributed by atoms with Gasteiger partial charge >= 0.3 is 0 Å². The monoisotopic (exact) mass is 264 g/mol. The largest absolute Gasteiger partial charge is 0.496 e. The van der Waals surface area contributed by atoms with Gasteiger partial charge in [0, 0.05) is 29.1 Å². The third kappa shape index (κ3) is 4.83. The van der Waals surface area contributed by atoms with E-state index in [-0.39, 0.29) is 0 Å². The first kappa shape index (κ1) is 16.0. The molecule has 1 aromatic heterocycles. The maximum atomic E-state index is 5.45. The van der Waals surface area contributed by atoms with Crippen LogP contribution in [-0.2, 0) is 6.42 Å². The lowest BCUT2D eigenvalue weighted by atomic mass is 10.0. The van der Waals surface area contributed by atoms with Gasteiger partial charge in [-0.05, 0) is 39.2 Å². The molecule has 1 atom stereocenters. The van der Waals surface area contributed by atoms with E-state index in [9.17, 15) is 0 Å². The van der Waals surface area contributed by atoms with E-state index >= 15 is 0 Å². The predicted molar refractivity (Wildman–Crippen MR) is 80.9 cm³/mol. The first-order valence-electron chi connectivity index (χ1n) is 7.18. The quantitative estimate of drug-likeness (QED) is 0.820. The number of nitrogens with one attached hydrogen (secondary N) is 1. The summed E-state index contributed by atoms with van der Waals surface area (Å²) in [6.45, 7) is 11.9. The van der Waals surface area contributed by atoms with Crippen LogP contribution in [0, 0.1) is 19.8 Å². The second kappa shape index (κ2) is 7.49. The van der Waals surface area contributed by atoms with Crippen molar-refractivity contribution in [2.75, 3.05) is 13.7 Å². The molecule has 1 rings (SSSR count). The molecule has 0 amide bonds. The fraction of sp³-hybridized carbons (Fsp3) is 0.688. The van der Waals surface area contributed by atoms with Crippen molar-refractivity contribution in [3.8, 4) is 5.75 Å². The molecule has 0 aliphatic heterocycles. The summed E-state index contributed by atoms with van der Waals surface area (Å²) in [6.07, 6.45) is 4.08. The molecule has 0 bridgehead atoms. The smallest absolute Gasteiger partial charge is 0.128 e. The van der Waals surface area contributed by atoms with Crippen molar-refractivity contribution in [2.45, 2.75) is 53.5 Å². The summed E-state index contributed by atoms with van der Waals surface area (Å²) in [6, 6.07) is 0.557. The molecule has 0 radical (unpaired) electrons. The first-order chi connectivity index (χ1) is 8.95. The SMILES string of the molecule is COc1c(C)cnc(CCC(C)CNC(C)C)c1C. The van der Waals surface area contributed by atoms with Gasteiger partial charge in [-0.1, -0.05) is 20.8 Å². The Morgan fingerprint density at radius 1 is 1.26 bits per heavy atom. The van der Waals surface area contributed by atoms with Crippen LogP contribution in [0.25, 0.3) is 0 Å². The number of aromatic nitrogens is 1. The molecule has 1 N–H and O–H groups in total. The maximum absolute atomic E-state index is 5.45. The molecule has 1 heterocycles. The third-order valence-electron chi connectivity index (χ3n) is 3.50. The molecule has 1 aromatic rings. The lowest BCUT2D eigenvalue weighted by Crippen LogP contribution is -2.28. The zero-order valence-electron chi connectivity index (χ0n) is 13.2. The van der Waals surface area contributed by atoms with Gasteiger partial charge in [0.15, 0.2) is 0 Å².